The van der Waals surface area contributed by atoms with E-state index in [1.807, 2.05) is 13.8 Å². The predicted octanol–water partition coefficient (Wildman–Crippen LogP) is 4.23. The highest BCUT2D eigenvalue weighted by Gasteiger charge is 2.32. The van der Waals surface area contributed by atoms with Crippen molar-refractivity contribution in [1.82, 2.24) is 10.2 Å². The number of methoxy groups -OCH3 is 1. The van der Waals surface area contributed by atoms with E-state index in [2.05, 4.69) is 5.32 Å². The van der Waals surface area contributed by atoms with Crippen LogP contribution in [0.1, 0.15) is 32.8 Å². The molecule has 0 spiro atoms. The summed E-state index contributed by atoms with van der Waals surface area (Å²) in [5, 5.41) is 2.83. The Morgan fingerprint density at radius 3 is 2.10 bits per heavy atom. The van der Waals surface area contributed by atoms with Crippen molar-refractivity contribution in [2.24, 2.45) is 0 Å². The van der Waals surface area contributed by atoms with Crippen molar-refractivity contribution in [3.8, 4) is 11.5 Å². The van der Waals surface area contributed by atoms with Gasteiger partial charge in [0.2, 0.25) is 11.8 Å². The lowest BCUT2D eigenvalue weighted by molar-refractivity contribution is -0.139. The molecule has 0 bridgehead atoms. The molecule has 1 atom stereocenters. The number of hydrogen-bond acceptors (Lipinski definition) is 6. The van der Waals surface area contributed by atoms with Crippen molar-refractivity contribution in [2.75, 3.05) is 31.1 Å². The highest BCUT2D eigenvalue weighted by Crippen LogP contribution is 2.26. The molecule has 0 aliphatic carbocycles. The molecule has 0 aliphatic rings. The summed E-state index contributed by atoms with van der Waals surface area (Å²) < 4.78 is 39.5. The van der Waals surface area contributed by atoms with E-state index in [0.29, 0.717) is 30.3 Å². The van der Waals surface area contributed by atoms with Crippen LogP contribution in [0.2, 0.25) is 0 Å². The van der Waals surface area contributed by atoms with Crippen LogP contribution < -0.4 is 19.1 Å². The molecule has 0 fully saturated rings. The fourth-order valence-corrected chi connectivity index (χ4v) is 5.45. The quantitative estimate of drug-likeness (QED) is 0.313. The first-order chi connectivity index (χ1) is 19.2. The van der Waals surface area contributed by atoms with Crippen molar-refractivity contribution in [2.45, 2.75) is 44.7 Å². The second-order valence-electron chi connectivity index (χ2n) is 9.09. The topological polar surface area (TPSA) is 105 Å². The Morgan fingerprint density at radius 1 is 0.900 bits per heavy atom. The van der Waals surface area contributed by atoms with Crippen LogP contribution in [0.3, 0.4) is 0 Å². The molecule has 0 unspecified atom stereocenters. The van der Waals surface area contributed by atoms with Gasteiger partial charge in [-0.25, -0.2) is 8.42 Å². The maximum Gasteiger partial charge on any atom is 0.264 e. The third kappa shape index (κ3) is 7.75. The molecular weight excluding hydrogens is 530 g/mol. The summed E-state index contributed by atoms with van der Waals surface area (Å²) in [6, 6.07) is 20.8. The normalized spacial score (nSPS) is 11.8. The van der Waals surface area contributed by atoms with Crippen LogP contribution in [0.25, 0.3) is 0 Å². The summed E-state index contributed by atoms with van der Waals surface area (Å²) in [4.78, 5) is 28.2. The lowest BCUT2D eigenvalue weighted by Crippen LogP contribution is -2.51. The first kappa shape index (κ1) is 30.5. The van der Waals surface area contributed by atoms with Crippen LogP contribution in [-0.2, 0) is 26.2 Å². The van der Waals surface area contributed by atoms with Crippen molar-refractivity contribution in [1.29, 1.82) is 0 Å². The van der Waals surface area contributed by atoms with E-state index in [1.54, 1.807) is 80.8 Å². The highest BCUT2D eigenvalue weighted by atomic mass is 32.2. The molecule has 0 heterocycles. The smallest absolute Gasteiger partial charge is 0.264 e. The predicted molar refractivity (Wildman–Crippen MR) is 155 cm³/mol. The van der Waals surface area contributed by atoms with E-state index in [-0.39, 0.29) is 17.3 Å². The van der Waals surface area contributed by atoms with E-state index in [9.17, 15) is 18.0 Å². The second-order valence-corrected chi connectivity index (χ2v) is 11.0. The van der Waals surface area contributed by atoms with Gasteiger partial charge in [0.25, 0.3) is 10.0 Å². The Labute approximate surface area is 236 Å². The van der Waals surface area contributed by atoms with Gasteiger partial charge in [-0.2, -0.15) is 0 Å². The number of carbonyl (C=O) groups excluding carboxylic acids is 2. The van der Waals surface area contributed by atoms with Crippen molar-refractivity contribution in [3.63, 3.8) is 0 Å². The molecule has 0 saturated heterocycles. The van der Waals surface area contributed by atoms with Gasteiger partial charge in [-0.05, 0) is 74.4 Å². The summed E-state index contributed by atoms with van der Waals surface area (Å²) in [5.41, 5.74) is 1.10. The first-order valence-electron chi connectivity index (χ1n) is 13.2. The number of ether oxygens (including phenoxy) is 2. The van der Waals surface area contributed by atoms with E-state index >= 15 is 0 Å². The molecule has 2 amide bonds. The Kier molecular flexibility index (Phi) is 11.0. The monoisotopic (exact) mass is 567 g/mol. The minimum atomic E-state index is -4.14. The molecule has 214 valence electrons. The number of para-hydroxylation sites is 1. The summed E-state index contributed by atoms with van der Waals surface area (Å²) in [6.45, 7) is 5.95. The van der Waals surface area contributed by atoms with Crippen LogP contribution in [-0.4, -0.2) is 58.0 Å². The molecule has 0 aliphatic heterocycles. The van der Waals surface area contributed by atoms with Crippen LogP contribution in [0.15, 0.2) is 83.8 Å². The molecule has 10 heteroatoms. The molecule has 40 heavy (non-hydrogen) atoms. The zero-order valence-corrected chi connectivity index (χ0v) is 24.2. The first-order valence-corrected chi connectivity index (χ1v) is 14.7. The van der Waals surface area contributed by atoms with Gasteiger partial charge >= 0.3 is 0 Å². The van der Waals surface area contributed by atoms with Gasteiger partial charge in [-0.1, -0.05) is 37.3 Å². The molecule has 1 N–H and O–H groups in total. The lowest BCUT2D eigenvalue weighted by Gasteiger charge is -2.32. The summed E-state index contributed by atoms with van der Waals surface area (Å²) in [7, 11) is -2.58. The van der Waals surface area contributed by atoms with Gasteiger partial charge in [-0.15, -0.1) is 0 Å². The zero-order valence-electron chi connectivity index (χ0n) is 23.4. The summed E-state index contributed by atoms with van der Waals surface area (Å²) in [6.07, 6.45) is 0.743. The third-order valence-corrected chi connectivity index (χ3v) is 8.06. The van der Waals surface area contributed by atoms with E-state index in [0.717, 1.165) is 16.3 Å². The number of benzene rings is 3. The van der Waals surface area contributed by atoms with Crippen LogP contribution in [0, 0.1) is 0 Å². The third-order valence-electron chi connectivity index (χ3n) is 6.27. The van der Waals surface area contributed by atoms with E-state index in [1.165, 1.54) is 17.0 Å². The summed E-state index contributed by atoms with van der Waals surface area (Å²) in [5.74, 6) is 0.367. The van der Waals surface area contributed by atoms with E-state index < -0.39 is 28.5 Å². The minimum Gasteiger partial charge on any atom is -0.497 e. The van der Waals surface area contributed by atoms with Gasteiger partial charge < -0.3 is 19.7 Å². The Morgan fingerprint density at radius 2 is 1.52 bits per heavy atom. The van der Waals surface area contributed by atoms with Gasteiger partial charge in [-0.3, -0.25) is 13.9 Å². The molecule has 3 rings (SSSR count). The molecule has 3 aromatic rings. The average Bonchev–Trinajstić information content (AvgIpc) is 2.98. The van der Waals surface area contributed by atoms with Gasteiger partial charge in [0.15, 0.2) is 0 Å². The minimum absolute atomic E-state index is 0.0167. The number of nitrogens with zero attached hydrogens (tertiary/aromatic N) is 2. The molecular formula is C30H37N3O6S. The number of carbonyl (C=O) groups is 2. The molecule has 3 aromatic carbocycles. The van der Waals surface area contributed by atoms with Crippen LogP contribution >= 0.6 is 0 Å². The summed E-state index contributed by atoms with van der Waals surface area (Å²) >= 11 is 0. The Bertz CT molecular complexity index is 1350. The second kappa shape index (κ2) is 14.4. The molecule has 9 nitrogen and oxygen atoms in total. The lowest BCUT2D eigenvalue weighted by atomic mass is 10.1. The molecule has 0 aromatic heterocycles. The van der Waals surface area contributed by atoms with Gasteiger partial charge in [0.1, 0.15) is 24.1 Å². The van der Waals surface area contributed by atoms with E-state index in [4.69, 9.17) is 9.47 Å². The van der Waals surface area contributed by atoms with Gasteiger partial charge in [0.05, 0.1) is 24.3 Å². The van der Waals surface area contributed by atoms with Crippen molar-refractivity contribution >= 4 is 27.5 Å². The number of hydrogen-bond donors (Lipinski definition) is 1. The van der Waals surface area contributed by atoms with Gasteiger partial charge in [0, 0.05) is 13.1 Å². The Hall–Kier alpha value is -4.05. The largest absolute Gasteiger partial charge is 0.497 e. The van der Waals surface area contributed by atoms with Crippen LogP contribution in [0.4, 0.5) is 5.69 Å². The SMILES string of the molecule is CCCNC(=O)[C@H](C)N(Cc1ccc(OC)cc1)C(=O)CN(c1ccccc1)S(=O)(=O)c1ccc(OCC)cc1. The van der Waals surface area contributed by atoms with Crippen molar-refractivity contribution < 1.29 is 27.5 Å². The fourth-order valence-electron chi connectivity index (χ4n) is 4.03. The molecule has 0 radical (unpaired) electrons. The maximum absolute atomic E-state index is 13.9. The highest BCUT2D eigenvalue weighted by molar-refractivity contribution is 7.92. The fraction of sp³-hybridized carbons (Fsp3) is 0.333. The average molecular weight is 568 g/mol. The van der Waals surface area contributed by atoms with Crippen molar-refractivity contribution in [3.05, 3.63) is 84.4 Å². The Balaban J connectivity index is 1.97. The van der Waals surface area contributed by atoms with Crippen LogP contribution in [0.5, 0.6) is 11.5 Å². The maximum atomic E-state index is 13.9. The number of anilines is 1. The number of rotatable bonds is 14. The number of nitrogens with one attached hydrogen (secondary N) is 1. The number of sulfonamides is 1. The number of amides is 2. The molecule has 0 saturated carbocycles. The zero-order chi connectivity index (χ0) is 29.1. The standard InChI is InChI=1S/C30H37N3O6S/c1-5-20-31-30(35)23(3)32(21-24-12-14-26(38-4)15-13-24)29(34)22-33(25-10-8-7-9-11-25)40(36,37)28-18-16-27(17-19-28)39-6-2/h7-19,23H,5-6,20-22H2,1-4H3,(H,31,35)/t23-/m0/s1.